The zero-order chi connectivity index (χ0) is 13.7. The number of aliphatic carboxylic acids is 1. The second-order valence-corrected chi connectivity index (χ2v) is 4.53. The predicted molar refractivity (Wildman–Crippen MR) is 76.9 cm³/mol. The largest absolute Gasteiger partial charge is 0.481 e. The minimum Gasteiger partial charge on any atom is -0.481 e. The standard InChI is InChI=1S/C16H17NO2/c1-12-11-13(8-10-16(18)19)7-9-15(12)17-14-5-3-2-4-6-14/h2-7,9,11,17H,8,10H2,1H3,(H,18,19). The van der Waals surface area contributed by atoms with Gasteiger partial charge < -0.3 is 10.4 Å². The van der Waals surface area contributed by atoms with Crippen molar-refractivity contribution in [1.29, 1.82) is 0 Å². The molecule has 2 aromatic rings. The van der Waals surface area contributed by atoms with Crippen LogP contribution in [-0.4, -0.2) is 11.1 Å². The first-order valence-corrected chi connectivity index (χ1v) is 6.28. The number of anilines is 2. The first-order valence-electron chi connectivity index (χ1n) is 6.28. The van der Waals surface area contributed by atoms with Crippen molar-refractivity contribution in [1.82, 2.24) is 0 Å². The Bertz CT molecular complexity index is 564. The number of rotatable bonds is 5. The summed E-state index contributed by atoms with van der Waals surface area (Å²) < 4.78 is 0. The quantitative estimate of drug-likeness (QED) is 0.855. The first kappa shape index (κ1) is 13.1. The lowest BCUT2D eigenvalue weighted by Crippen LogP contribution is -1.99. The van der Waals surface area contributed by atoms with Gasteiger partial charge in [0, 0.05) is 17.8 Å². The van der Waals surface area contributed by atoms with Gasteiger partial charge in [0.2, 0.25) is 0 Å². The van der Waals surface area contributed by atoms with Crippen LogP contribution in [0.4, 0.5) is 11.4 Å². The van der Waals surface area contributed by atoms with E-state index in [0.29, 0.717) is 6.42 Å². The van der Waals surface area contributed by atoms with Crippen LogP contribution in [-0.2, 0) is 11.2 Å². The summed E-state index contributed by atoms with van der Waals surface area (Å²) in [4.78, 5) is 10.6. The molecule has 19 heavy (non-hydrogen) atoms. The van der Waals surface area contributed by atoms with E-state index in [4.69, 9.17) is 5.11 Å². The molecule has 2 aromatic carbocycles. The topological polar surface area (TPSA) is 49.3 Å². The lowest BCUT2D eigenvalue weighted by atomic mass is 10.1. The van der Waals surface area contributed by atoms with Gasteiger partial charge in [0.25, 0.3) is 0 Å². The van der Waals surface area contributed by atoms with E-state index in [1.165, 1.54) is 0 Å². The minimum absolute atomic E-state index is 0.172. The number of hydrogen-bond acceptors (Lipinski definition) is 2. The second kappa shape index (κ2) is 6.05. The molecular weight excluding hydrogens is 238 g/mol. The second-order valence-electron chi connectivity index (χ2n) is 4.53. The van der Waals surface area contributed by atoms with Crippen molar-refractivity contribution in [2.75, 3.05) is 5.32 Å². The van der Waals surface area contributed by atoms with Crippen LogP contribution in [0.2, 0.25) is 0 Å². The molecule has 0 radical (unpaired) electrons. The number of benzene rings is 2. The maximum Gasteiger partial charge on any atom is 0.303 e. The molecule has 0 amide bonds. The van der Waals surface area contributed by atoms with Gasteiger partial charge in [-0.05, 0) is 42.7 Å². The summed E-state index contributed by atoms with van der Waals surface area (Å²) in [6.07, 6.45) is 0.743. The fraction of sp³-hybridized carbons (Fsp3) is 0.188. The molecule has 0 aliphatic heterocycles. The number of nitrogens with one attached hydrogen (secondary N) is 1. The third-order valence-electron chi connectivity index (χ3n) is 2.97. The predicted octanol–water partition coefficient (Wildman–Crippen LogP) is 3.76. The number of para-hydroxylation sites is 1. The van der Waals surface area contributed by atoms with Crippen LogP contribution in [0.15, 0.2) is 48.5 Å². The Hall–Kier alpha value is -2.29. The fourth-order valence-electron chi connectivity index (χ4n) is 1.95. The van der Waals surface area contributed by atoms with Crippen LogP contribution in [0.5, 0.6) is 0 Å². The number of carboxylic acid groups (broad SMARTS) is 1. The van der Waals surface area contributed by atoms with E-state index in [1.54, 1.807) is 0 Å². The maximum absolute atomic E-state index is 10.6. The molecule has 0 aliphatic rings. The third-order valence-corrected chi connectivity index (χ3v) is 2.97. The highest BCUT2D eigenvalue weighted by atomic mass is 16.4. The van der Waals surface area contributed by atoms with Gasteiger partial charge in [0.05, 0.1) is 0 Å². The Morgan fingerprint density at radius 2 is 1.89 bits per heavy atom. The van der Waals surface area contributed by atoms with Crippen molar-refractivity contribution in [3.63, 3.8) is 0 Å². The number of aryl methyl sites for hydroxylation is 2. The molecule has 0 heterocycles. The Morgan fingerprint density at radius 3 is 2.53 bits per heavy atom. The Morgan fingerprint density at radius 1 is 1.16 bits per heavy atom. The van der Waals surface area contributed by atoms with Gasteiger partial charge in [-0.25, -0.2) is 0 Å². The number of carboxylic acids is 1. The average Bonchev–Trinajstić information content (AvgIpc) is 2.40. The van der Waals surface area contributed by atoms with Crippen molar-refractivity contribution in [2.45, 2.75) is 19.8 Å². The molecule has 3 nitrogen and oxygen atoms in total. The van der Waals surface area contributed by atoms with E-state index in [0.717, 1.165) is 22.5 Å². The van der Waals surface area contributed by atoms with Gasteiger partial charge in [-0.1, -0.05) is 30.3 Å². The van der Waals surface area contributed by atoms with Crippen LogP contribution in [0.1, 0.15) is 17.5 Å². The van der Waals surface area contributed by atoms with E-state index in [1.807, 2.05) is 55.5 Å². The van der Waals surface area contributed by atoms with Gasteiger partial charge in [-0.15, -0.1) is 0 Å². The smallest absolute Gasteiger partial charge is 0.303 e. The summed E-state index contributed by atoms with van der Waals surface area (Å²) in [5, 5.41) is 12.0. The minimum atomic E-state index is -0.760. The molecule has 98 valence electrons. The van der Waals surface area contributed by atoms with Gasteiger partial charge in [0.1, 0.15) is 0 Å². The summed E-state index contributed by atoms with van der Waals surface area (Å²) >= 11 is 0. The molecule has 0 saturated carbocycles. The molecule has 0 bridgehead atoms. The van der Waals surface area contributed by atoms with Crippen molar-refractivity contribution in [3.05, 3.63) is 59.7 Å². The van der Waals surface area contributed by atoms with Crippen LogP contribution < -0.4 is 5.32 Å². The highest BCUT2D eigenvalue weighted by Crippen LogP contribution is 2.21. The molecule has 2 rings (SSSR count). The van der Waals surface area contributed by atoms with E-state index in [-0.39, 0.29) is 6.42 Å². The number of carbonyl (C=O) groups is 1. The molecule has 0 aromatic heterocycles. The molecule has 2 N–H and O–H groups in total. The van der Waals surface area contributed by atoms with Crippen LogP contribution >= 0.6 is 0 Å². The highest BCUT2D eigenvalue weighted by molar-refractivity contribution is 5.67. The summed E-state index contributed by atoms with van der Waals surface area (Å²) in [6, 6.07) is 16.0. The SMILES string of the molecule is Cc1cc(CCC(=O)O)ccc1Nc1ccccc1. The Kier molecular flexibility index (Phi) is 4.18. The Labute approximate surface area is 112 Å². The molecule has 3 heteroatoms. The lowest BCUT2D eigenvalue weighted by Gasteiger charge is -2.11. The van der Waals surface area contributed by atoms with Gasteiger partial charge in [0.15, 0.2) is 0 Å². The van der Waals surface area contributed by atoms with Crippen LogP contribution in [0.3, 0.4) is 0 Å². The molecule has 0 aliphatic carbocycles. The van der Waals surface area contributed by atoms with E-state index < -0.39 is 5.97 Å². The maximum atomic E-state index is 10.6. The molecule has 0 spiro atoms. The van der Waals surface area contributed by atoms with E-state index in [2.05, 4.69) is 5.32 Å². The monoisotopic (exact) mass is 255 g/mol. The normalized spacial score (nSPS) is 10.2. The molecule has 0 unspecified atom stereocenters. The van der Waals surface area contributed by atoms with Crippen LogP contribution in [0.25, 0.3) is 0 Å². The van der Waals surface area contributed by atoms with Crippen molar-refractivity contribution in [2.24, 2.45) is 0 Å². The van der Waals surface area contributed by atoms with E-state index >= 15 is 0 Å². The zero-order valence-corrected chi connectivity index (χ0v) is 10.9. The summed E-state index contributed by atoms with van der Waals surface area (Å²) in [5.41, 5.74) is 4.26. The summed E-state index contributed by atoms with van der Waals surface area (Å²) in [7, 11) is 0. The van der Waals surface area contributed by atoms with Gasteiger partial charge in [-0.2, -0.15) is 0 Å². The fourth-order valence-corrected chi connectivity index (χ4v) is 1.95. The number of hydrogen-bond donors (Lipinski definition) is 2. The first-order chi connectivity index (χ1) is 9.15. The Balaban J connectivity index is 2.09. The van der Waals surface area contributed by atoms with Gasteiger partial charge >= 0.3 is 5.97 Å². The van der Waals surface area contributed by atoms with Crippen molar-refractivity contribution in [3.8, 4) is 0 Å². The molecule has 0 saturated heterocycles. The summed E-state index contributed by atoms with van der Waals surface area (Å²) in [6.45, 7) is 2.02. The van der Waals surface area contributed by atoms with Gasteiger partial charge in [-0.3, -0.25) is 4.79 Å². The summed E-state index contributed by atoms with van der Waals surface area (Å²) in [5.74, 6) is -0.760. The lowest BCUT2D eigenvalue weighted by molar-refractivity contribution is -0.136. The third kappa shape index (κ3) is 3.85. The van der Waals surface area contributed by atoms with Crippen molar-refractivity contribution >= 4 is 17.3 Å². The highest BCUT2D eigenvalue weighted by Gasteiger charge is 2.03. The van der Waals surface area contributed by atoms with Crippen LogP contribution in [0, 0.1) is 6.92 Å². The van der Waals surface area contributed by atoms with Crippen molar-refractivity contribution < 1.29 is 9.90 Å². The molecule has 0 atom stereocenters. The molecule has 0 fully saturated rings. The average molecular weight is 255 g/mol. The zero-order valence-electron chi connectivity index (χ0n) is 10.9. The molecular formula is C16H17NO2. The van der Waals surface area contributed by atoms with E-state index in [9.17, 15) is 4.79 Å².